The molecular weight excluding hydrogens is 276 g/mol. The first-order valence-electron chi connectivity index (χ1n) is 6.59. The van der Waals surface area contributed by atoms with E-state index < -0.39 is 12.0 Å². The molecule has 0 spiro atoms. The zero-order chi connectivity index (χ0) is 15.0. The van der Waals surface area contributed by atoms with Gasteiger partial charge in [0.25, 0.3) is 0 Å². The van der Waals surface area contributed by atoms with Crippen molar-refractivity contribution in [3.05, 3.63) is 65.2 Å². The van der Waals surface area contributed by atoms with Crippen molar-refractivity contribution in [1.82, 2.24) is 0 Å². The van der Waals surface area contributed by atoms with Crippen molar-refractivity contribution in [3.63, 3.8) is 0 Å². The summed E-state index contributed by atoms with van der Waals surface area (Å²) in [6.07, 6.45) is 0.550. The molecule has 0 amide bonds. The number of benzene rings is 2. The number of rotatable bonds is 2. The summed E-state index contributed by atoms with van der Waals surface area (Å²) >= 11 is 0. The summed E-state index contributed by atoms with van der Waals surface area (Å²) in [5, 5.41) is 9.53. The van der Waals surface area contributed by atoms with Crippen LogP contribution in [0, 0.1) is 11.6 Å². The van der Waals surface area contributed by atoms with Crippen molar-refractivity contribution < 1.29 is 18.7 Å². The predicted octanol–water partition coefficient (Wildman–Crippen LogP) is 3.15. The molecule has 1 aliphatic heterocycles. The number of fused-ring (bicyclic) bond motifs is 1. The van der Waals surface area contributed by atoms with Crippen LogP contribution in [0.3, 0.4) is 0 Å². The molecule has 0 saturated carbocycles. The minimum absolute atomic E-state index is 0.367. The number of hydrogen-bond donors (Lipinski definition) is 1. The highest BCUT2D eigenvalue weighted by Gasteiger charge is 2.33. The molecule has 1 N–H and O–H groups in total. The van der Waals surface area contributed by atoms with E-state index in [0.29, 0.717) is 29.8 Å². The van der Waals surface area contributed by atoms with E-state index in [1.165, 1.54) is 30.3 Å². The predicted molar refractivity (Wildman–Crippen MR) is 74.2 cm³/mol. The number of anilines is 1. The van der Waals surface area contributed by atoms with Crippen LogP contribution in [0.15, 0.2) is 42.5 Å². The normalized spacial score (nSPS) is 17.4. The van der Waals surface area contributed by atoms with Crippen LogP contribution in [-0.2, 0) is 11.2 Å². The second-order valence-corrected chi connectivity index (χ2v) is 5.00. The molecule has 108 valence electrons. The number of carboxylic acids is 1. The molecule has 0 aromatic heterocycles. The molecule has 1 heterocycles. The fourth-order valence-corrected chi connectivity index (χ4v) is 2.77. The fourth-order valence-electron chi connectivity index (χ4n) is 2.77. The average Bonchev–Trinajstić information content (AvgIpc) is 2.46. The highest BCUT2D eigenvalue weighted by atomic mass is 19.1. The maximum Gasteiger partial charge on any atom is 0.331 e. The molecule has 3 rings (SSSR count). The van der Waals surface area contributed by atoms with E-state index in [1.54, 1.807) is 17.0 Å². The maximum absolute atomic E-state index is 13.3. The zero-order valence-corrected chi connectivity index (χ0v) is 11.1. The minimum Gasteiger partial charge on any atom is -0.479 e. The molecule has 1 aliphatic rings. The minimum atomic E-state index is -1.01. The van der Waals surface area contributed by atoms with Gasteiger partial charge in [-0.2, -0.15) is 0 Å². The third-order valence-corrected chi connectivity index (χ3v) is 3.73. The number of halogens is 2. The molecule has 0 radical (unpaired) electrons. The first-order chi connectivity index (χ1) is 10.1. The van der Waals surface area contributed by atoms with Crippen molar-refractivity contribution in [2.45, 2.75) is 12.5 Å². The van der Waals surface area contributed by atoms with Crippen LogP contribution in [0.25, 0.3) is 0 Å². The summed E-state index contributed by atoms with van der Waals surface area (Å²) in [5.74, 6) is -1.75. The van der Waals surface area contributed by atoms with Crippen molar-refractivity contribution >= 4 is 11.7 Å². The molecule has 5 heteroatoms. The molecule has 2 aromatic rings. The van der Waals surface area contributed by atoms with Gasteiger partial charge in [0.05, 0.1) is 0 Å². The van der Waals surface area contributed by atoms with E-state index >= 15 is 0 Å². The average molecular weight is 289 g/mol. The highest BCUT2D eigenvalue weighted by molar-refractivity contribution is 5.81. The fraction of sp³-hybridized carbons (Fsp3) is 0.188. The lowest BCUT2D eigenvalue weighted by Gasteiger charge is -2.36. The third kappa shape index (κ3) is 2.46. The Bertz CT molecular complexity index is 685. The maximum atomic E-state index is 13.3. The summed E-state index contributed by atoms with van der Waals surface area (Å²) in [4.78, 5) is 13.3. The third-order valence-electron chi connectivity index (χ3n) is 3.73. The molecule has 0 fully saturated rings. The van der Waals surface area contributed by atoms with Gasteiger partial charge in [0, 0.05) is 12.2 Å². The van der Waals surface area contributed by atoms with E-state index in [9.17, 15) is 18.7 Å². The SMILES string of the molecule is O=C(O)[C@@H]1c2ccc(F)cc2CCN1c1ccc(F)cc1. The summed E-state index contributed by atoms with van der Waals surface area (Å²) in [7, 11) is 0. The first-order valence-corrected chi connectivity index (χ1v) is 6.59. The lowest BCUT2D eigenvalue weighted by Crippen LogP contribution is -2.39. The van der Waals surface area contributed by atoms with Crippen LogP contribution in [0.2, 0.25) is 0 Å². The largest absolute Gasteiger partial charge is 0.479 e. The lowest BCUT2D eigenvalue weighted by atomic mass is 9.92. The van der Waals surface area contributed by atoms with E-state index in [4.69, 9.17) is 0 Å². The van der Waals surface area contributed by atoms with Gasteiger partial charge >= 0.3 is 5.97 Å². The monoisotopic (exact) mass is 289 g/mol. The summed E-state index contributed by atoms with van der Waals surface area (Å²) in [6, 6.07) is 8.98. The number of nitrogens with zero attached hydrogens (tertiary/aromatic N) is 1. The van der Waals surface area contributed by atoms with Gasteiger partial charge in [0.15, 0.2) is 6.04 Å². The van der Waals surface area contributed by atoms with Crippen LogP contribution in [0.4, 0.5) is 14.5 Å². The summed E-state index contributed by atoms with van der Waals surface area (Å²) < 4.78 is 26.3. The van der Waals surface area contributed by atoms with Gasteiger partial charge in [-0.3, -0.25) is 0 Å². The lowest BCUT2D eigenvalue weighted by molar-refractivity contribution is -0.138. The van der Waals surface area contributed by atoms with Crippen LogP contribution >= 0.6 is 0 Å². The van der Waals surface area contributed by atoms with Crippen molar-refractivity contribution in [3.8, 4) is 0 Å². The number of aliphatic carboxylic acids is 1. The van der Waals surface area contributed by atoms with E-state index in [-0.39, 0.29) is 11.6 Å². The second-order valence-electron chi connectivity index (χ2n) is 5.00. The summed E-state index contributed by atoms with van der Waals surface area (Å²) in [5.41, 5.74) is 1.93. The smallest absolute Gasteiger partial charge is 0.331 e. The van der Waals surface area contributed by atoms with Gasteiger partial charge < -0.3 is 10.0 Å². The Kier molecular flexibility index (Phi) is 3.33. The van der Waals surface area contributed by atoms with Gasteiger partial charge in [-0.25, -0.2) is 13.6 Å². The van der Waals surface area contributed by atoms with Crippen LogP contribution in [0.5, 0.6) is 0 Å². The first kappa shape index (κ1) is 13.5. The van der Waals surface area contributed by atoms with Crippen molar-refractivity contribution in [2.75, 3.05) is 11.4 Å². The van der Waals surface area contributed by atoms with Crippen LogP contribution in [-0.4, -0.2) is 17.6 Å². The standard InChI is InChI=1S/C16H13F2NO2/c17-11-1-4-13(5-2-11)19-8-7-10-9-12(18)3-6-14(10)15(19)16(20)21/h1-6,9,15H,7-8H2,(H,20,21)/t15-/m0/s1. The molecule has 0 saturated heterocycles. The Morgan fingerprint density at radius 3 is 2.43 bits per heavy atom. The molecule has 3 nitrogen and oxygen atoms in total. The highest BCUT2D eigenvalue weighted by Crippen LogP contribution is 2.34. The molecule has 2 aromatic carbocycles. The van der Waals surface area contributed by atoms with E-state index in [1.807, 2.05) is 0 Å². The Balaban J connectivity index is 2.05. The molecule has 21 heavy (non-hydrogen) atoms. The number of hydrogen-bond acceptors (Lipinski definition) is 2. The summed E-state index contributed by atoms with van der Waals surface area (Å²) in [6.45, 7) is 0.444. The Labute approximate surface area is 120 Å². The second kappa shape index (κ2) is 5.16. The quantitative estimate of drug-likeness (QED) is 0.923. The number of carboxylic acid groups (broad SMARTS) is 1. The molecule has 0 bridgehead atoms. The Hall–Kier alpha value is -2.43. The Morgan fingerprint density at radius 1 is 1.10 bits per heavy atom. The van der Waals surface area contributed by atoms with Gasteiger partial charge in [-0.15, -0.1) is 0 Å². The van der Waals surface area contributed by atoms with Crippen LogP contribution in [0.1, 0.15) is 17.2 Å². The zero-order valence-electron chi connectivity index (χ0n) is 11.1. The van der Waals surface area contributed by atoms with Gasteiger partial charge in [-0.1, -0.05) is 6.07 Å². The number of carbonyl (C=O) groups is 1. The molecule has 0 aliphatic carbocycles. The topological polar surface area (TPSA) is 40.5 Å². The van der Waals surface area contributed by atoms with Gasteiger partial charge in [0.2, 0.25) is 0 Å². The van der Waals surface area contributed by atoms with Gasteiger partial charge in [0.1, 0.15) is 11.6 Å². The van der Waals surface area contributed by atoms with Gasteiger partial charge in [-0.05, 0) is 53.9 Å². The van der Waals surface area contributed by atoms with E-state index in [2.05, 4.69) is 0 Å². The van der Waals surface area contributed by atoms with Crippen LogP contribution < -0.4 is 4.90 Å². The molecule has 0 unspecified atom stereocenters. The molecule has 1 atom stereocenters. The van der Waals surface area contributed by atoms with E-state index in [0.717, 1.165) is 0 Å². The Morgan fingerprint density at radius 2 is 1.76 bits per heavy atom. The molecular formula is C16H13F2NO2. The van der Waals surface area contributed by atoms with Crippen molar-refractivity contribution in [1.29, 1.82) is 0 Å². The van der Waals surface area contributed by atoms with Crippen molar-refractivity contribution in [2.24, 2.45) is 0 Å².